The summed E-state index contributed by atoms with van der Waals surface area (Å²) in [4.78, 5) is 13.9. The predicted octanol–water partition coefficient (Wildman–Crippen LogP) is 1.30. The highest BCUT2D eigenvalue weighted by atomic mass is 16.4. The van der Waals surface area contributed by atoms with Gasteiger partial charge in [0.1, 0.15) is 5.75 Å². The van der Waals surface area contributed by atoms with E-state index < -0.39 is 0 Å². The first-order chi connectivity index (χ1) is 9.01. The zero-order chi connectivity index (χ0) is 14.4. The van der Waals surface area contributed by atoms with Gasteiger partial charge in [0.15, 0.2) is 5.84 Å². The van der Waals surface area contributed by atoms with Crippen LogP contribution in [-0.4, -0.2) is 40.0 Å². The van der Waals surface area contributed by atoms with E-state index in [0.29, 0.717) is 17.7 Å². The second-order valence-corrected chi connectivity index (χ2v) is 4.27. The topological polar surface area (TPSA) is 99.1 Å². The monoisotopic (exact) mass is 265 g/mol. The first-order valence-corrected chi connectivity index (χ1v) is 6.05. The van der Waals surface area contributed by atoms with Gasteiger partial charge in [0.25, 0.3) is 5.91 Å². The summed E-state index contributed by atoms with van der Waals surface area (Å²) in [5, 5.41) is 21.1. The van der Waals surface area contributed by atoms with E-state index in [9.17, 15) is 9.90 Å². The summed E-state index contributed by atoms with van der Waals surface area (Å²) in [6.45, 7) is 4.15. The van der Waals surface area contributed by atoms with Crippen molar-refractivity contribution in [2.45, 2.75) is 20.3 Å². The minimum absolute atomic E-state index is 0.0281. The van der Waals surface area contributed by atoms with Crippen LogP contribution in [0.4, 0.5) is 0 Å². The maximum absolute atomic E-state index is 12.4. The minimum Gasteiger partial charge on any atom is -0.508 e. The quantitative estimate of drug-likeness (QED) is 0.323. The molecule has 0 bridgehead atoms. The Morgan fingerprint density at radius 1 is 1.47 bits per heavy atom. The summed E-state index contributed by atoms with van der Waals surface area (Å²) in [5.74, 6) is -0.201. The van der Waals surface area contributed by atoms with Gasteiger partial charge in [0.05, 0.1) is 6.54 Å². The number of carbonyl (C=O) groups is 1. The lowest BCUT2D eigenvalue weighted by Gasteiger charge is -2.22. The van der Waals surface area contributed by atoms with E-state index in [2.05, 4.69) is 5.16 Å². The van der Waals surface area contributed by atoms with Crippen LogP contribution >= 0.6 is 0 Å². The van der Waals surface area contributed by atoms with Crippen molar-refractivity contribution in [3.05, 3.63) is 29.3 Å². The van der Waals surface area contributed by atoms with Crippen molar-refractivity contribution < 1.29 is 15.1 Å². The SMILES string of the molecule is CCCN(C/C(N)=N/O)C(=O)c1cccc(O)c1C. The lowest BCUT2D eigenvalue weighted by molar-refractivity contribution is 0.0777. The van der Waals surface area contributed by atoms with Gasteiger partial charge in [0.2, 0.25) is 0 Å². The van der Waals surface area contributed by atoms with Crippen molar-refractivity contribution in [3.8, 4) is 5.75 Å². The number of oxime groups is 1. The number of hydrogen-bond donors (Lipinski definition) is 3. The maximum Gasteiger partial charge on any atom is 0.254 e. The largest absolute Gasteiger partial charge is 0.508 e. The molecule has 0 aromatic heterocycles. The summed E-state index contributed by atoms with van der Waals surface area (Å²) in [6, 6.07) is 4.79. The normalized spacial score (nSPS) is 11.4. The third-order valence-electron chi connectivity index (χ3n) is 2.80. The number of phenols is 1. The van der Waals surface area contributed by atoms with E-state index in [4.69, 9.17) is 10.9 Å². The zero-order valence-corrected chi connectivity index (χ0v) is 11.1. The Labute approximate surface area is 112 Å². The van der Waals surface area contributed by atoms with Crippen molar-refractivity contribution in [1.29, 1.82) is 0 Å². The molecule has 0 spiro atoms. The number of phenolic OH excluding ortho intramolecular Hbond substituents is 1. The second-order valence-electron chi connectivity index (χ2n) is 4.27. The molecule has 104 valence electrons. The van der Waals surface area contributed by atoms with Crippen LogP contribution in [-0.2, 0) is 0 Å². The molecule has 4 N–H and O–H groups in total. The van der Waals surface area contributed by atoms with Gasteiger partial charge in [0, 0.05) is 17.7 Å². The lowest BCUT2D eigenvalue weighted by Crippen LogP contribution is -2.39. The van der Waals surface area contributed by atoms with E-state index in [-0.39, 0.29) is 24.0 Å². The average Bonchev–Trinajstić information content (AvgIpc) is 2.40. The number of nitrogens with two attached hydrogens (primary N) is 1. The molecular weight excluding hydrogens is 246 g/mol. The Morgan fingerprint density at radius 3 is 2.74 bits per heavy atom. The molecule has 1 amide bonds. The molecule has 0 fully saturated rings. The smallest absolute Gasteiger partial charge is 0.254 e. The molecule has 0 heterocycles. The molecule has 0 radical (unpaired) electrons. The number of rotatable bonds is 5. The molecule has 0 aliphatic heterocycles. The molecule has 0 aliphatic carbocycles. The number of benzene rings is 1. The standard InChI is InChI=1S/C13H19N3O3/c1-3-7-16(8-12(14)15-19)13(18)10-5-4-6-11(17)9(10)2/h4-6,17,19H,3,7-8H2,1-2H3,(H2,14,15). The average molecular weight is 265 g/mol. The van der Waals surface area contributed by atoms with Crippen LogP contribution in [0.3, 0.4) is 0 Å². The van der Waals surface area contributed by atoms with Crippen LogP contribution in [0, 0.1) is 6.92 Å². The van der Waals surface area contributed by atoms with Gasteiger partial charge >= 0.3 is 0 Å². The number of aromatic hydroxyl groups is 1. The minimum atomic E-state index is -0.248. The Morgan fingerprint density at radius 2 is 2.16 bits per heavy atom. The van der Waals surface area contributed by atoms with Gasteiger partial charge in [-0.05, 0) is 25.5 Å². The van der Waals surface area contributed by atoms with Gasteiger partial charge in [-0.15, -0.1) is 0 Å². The van der Waals surface area contributed by atoms with Crippen LogP contribution in [0.25, 0.3) is 0 Å². The number of hydrogen-bond acceptors (Lipinski definition) is 4. The second kappa shape index (κ2) is 6.63. The van der Waals surface area contributed by atoms with Gasteiger partial charge in [-0.25, -0.2) is 0 Å². The van der Waals surface area contributed by atoms with Crippen molar-refractivity contribution >= 4 is 11.7 Å². The first kappa shape index (κ1) is 14.8. The lowest BCUT2D eigenvalue weighted by atomic mass is 10.1. The van der Waals surface area contributed by atoms with Crippen LogP contribution in [0.2, 0.25) is 0 Å². The van der Waals surface area contributed by atoms with Crippen LogP contribution in [0.5, 0.6) is 5.75 Å². The van der Waals surface area contributed by atoms with E-state index in [0.717, 1.165) is 6.42 Å². The molecule has 6 heteroatoms. The number of amidine groups is 1. The molecule has 0 saturated heterocycles. The fourth-order valence-corrected chi connectivity index (χ4v) is 1.77. The highest BCUT2D eigenvalue weighted by molar-refractivity contribution is 5.98. The summed E-state index contributed by atoms with van der Waals surface area (Å²) < 4.78 is 0. The molecule has 0 atom stereocenters. The highest BCUT2D eigenvalue weighted by Crippen LogP contribution is 2.21. The third kappa shape index (κ3) is 3.61. The Balaban J connectivity index is 3.02. The van der Waals surface area contributed by atoms with Gasteiger partial charge in [-0.3, -0.25) is 4.79 Å². The molecule has 0 unspecified atom stereocenters. The molecule has 0 aliphatic rings. The van der Waals surface area contributed by atoms with E-state index in [1.54, 1.807) is 19.1 Å². The van der Waals surface area contributed by atoms with Crippen molar-refractivity contribution in [3.63, 3.8) is 0 Å². The number of amides is 1. The predicted molar refractivity (Wildman–Crippen MR) is 72.4 cm³/mol. The molecule has 6 nitrogen and oxygen atoms in total. The Hall–Kier alpha value is -2.24. The van der Waals surface area contributed by atoms with E-state index in [1.807, 2.05) is 6.92 Å². The molecule has 1 aromatic rings. The van der Waals surface area contributed by atoms with E-state index >= 15 is 0 Å². The fourth-order valence-electron chi connectivity index (χ4n) is 1.77. The van der Waals surface area contributed by atoms with Crippen molar-refractivity contribution in [2.75, 3.05) is 13.1 Å². The van der Waals surface area contributed by atoms with Gasteiger partial charge in [-0.1, -0.05) is 18.1 Å². The highest BCUT2D eigenvalue weighted by Gasteiger charge is 2.19. The van der Waals surface area contributed by atoms with Gasteiger partial charge < -0.3 is 20.9 Å². The maximum atomic E-state index is 12.4. The Bertz CT molecular complexity index is 486. The zero-order valence-electron chi connectivity index (χ0n) is 11.1. The molecule has 19 heavy (non-hydrogen) atoms. The van der Waals surface area contributed by atoms with E-state index in [1.165, 1.54) is 11.0 Å². The van der Waals surface area contributed by atoms with Crippen molar-refractivity contribution in [2.24, 2.45) is 10.9 Å². The van der Waals surface area contributed by atoms with Crippen LogP contribution in [0.1, 0.15) is 29.3 Å². The molecule has 1 rings (SSSR count). The molecule has 0 saturated carbocycles. The number of nitrogens with zero attached hydrogens (tertiary/aromatic N) is 2. The molecular formula is C13H19N3O3. The summed E-state index contributed by atoms with van der Waals surface area (Å²) in [5.41, 5.74) is 6.38. The number of carbonyl (C=O) groups excluding carboxylic acids is 1. The van der Waals surface area contributed by atoms with Crippen LogP contribution in [0.15, 0.2) is 23.4 Å². The Kier molecular flexibility index (Phi) is 5.17. The first-order valence-electron chi connectivity index (χ1n) is 6.05. The van der Waals surface area contributed by atoms with Crippen LogP contribution < -0.4 is 5.73 Å². The fraction of sp³-hybridized carbons (Fsp3) is 0.385. The molecule has 1 aromatic carbocycles. The summed E-state index contributed by atoms with van der Waals surface area (Å²) in [6.07, 6.45) is 0.752. The summed E-state index contributed by atoms with van der Waals surface area (Å²) in [7, 11) is 0. The van der Waals surface area contributed by atoms with Gasteiger partial charge in [-0.2, -0.15) is 0 Å². The third-order valence-corrected chi connectivity index (χ3v) is 2.80. The van der Waals surface area contributed by atoms with Crippen molar-refractivity contribution in [1.82, 2.24) is 4.90 Å². The summed E-state index contributed by atoms with van der Waals surface area (Å²) >= 11 is 0.